The Hall–Kier alpha value is -0.700. The molecule has 4 nitrogen and oxygen atoms in total. The zero-order valence-electron chi connectivity index (χ0n) is 10.0. The van der Waals surface area contributed by atoms with Gasteiger partial charge < -0.3 is 0 Å². The molecular formula is C11H19O4P. The van der Waals surface area contributed by atoms with Gasteiger partial charge in [-0.3, -0.25) is 18.4 Å². The van der Waals surface area contributed by atoms with Crippen LogP contribution in [0.2, 0.25) is 0 Å². The first kappa shape index (κ1) is 15.3. The van der Waals surface area contributed by atoms with Gasteiger partial charge in [0.25, 0.3) is 0 Å². The number of hydrogen-bond donors (Lipinski definition) is 0. The molecule has 0 rings (SSSR count). The lowest BCUT2D eigenvalue weighted by Gasteiger charge is -2.14. The largest absolute Gasteiger partial charge is 0.397 e. The summed E-state index contributed by atoms with van der Waals surface area (Å²) in [7, 11) is -3.61. The van der Waals surface area contributed by atoms with E-state index in [4.69, 9.17) is 9.05 Å². The first-order valence-electron chi connectivity index (χ1n) is 5.25. The number of carbonyl (C=O) groups is 1. The lowest BCUT2D eigenvalue weighted by Crippen LogP contribution is -2.06. The molecule has 0 aromatic rings. The van der Waals surface area contributed by atoms with Crippen LogP contribution in [0.4, 0.5) is 0 Å². The van der Waals surface area contributed by atoms with E-state index >= 15 is 0 Å². The lowest BCUT2D eigenvalue weighted by atomic mass is 10.6. The first-order valence-corrected chi connectivity index (χ1v) is 6.79. The molecule has 0 aliphatic rings. The van der Waals surface area contributed by atoms with Crippen LogP contribution in [0, 0.1) is 0 Å². The summed E-state index contributed by atoms with van der Waals surface area (Å²) in [5.74, 6) is 0. The molecule has 0 saturated heterocycles. The van der Waals surface area contributed by atoms with E-state index in [-0.39, 0.29) is 19.6 Å². The van der Waals surface area contributed by atoms with Gasteiger partial charge in [-0.15, -0.1) is 0 Å². The van der Waals surface area contributed by atoms with Gasteiger partial charge >= 0.3 is 7.60 Å². The first-order chi connectivity index (χ1) is 7.60. The summed E-state index contributed by atoms with van der Waals surface area (Å²) in [6, 6.07) is 0. The summed E-state index contributed by atoms with van der Waals surface area (Å²) in [5.41, 5.74) is -0.485. The fourth-order valence-electron chi connectivity index (χ4n) is 0.850. The highest BCUT2D eigenvalue weighted by Crippen LogP contribution is 2.49. The summed E-state index contributed by atoms with van der Waals surface area (Å²) in [6.45, 7) is 5.50. The molecule has 0 radical (unpaired) electrons. The van der Waals surface area contributed by atoms with E-state index in [0.29, 0.717) is 0 Å². The summed E-state index contributed by atoms with van der Waals surface area (Å²) in [4.78, 5) is 11.5. The highest BCUT2D eigenvalue weighted by Gasteiger charge is 2.32. The standard InChI is InChI=1S/C11H19O4P/c1-4-7-9-14-16(13,11(12)6-3)15-10-8-5-2/h4-5,7-8H,6,9-10H2,1-3H3/b7-4+,8-5+. The van der Waals surface area contributed by atoms with Crippen molar-refractivity contribution in [3.05, 3.63) is 24.3 Å². The summed E-state index contributed by atoms with van der Waals surface area (Å²) in [6.07, 6.45) is 7.01. The molecule has 0 aliphatic carbocycles. The molecule has 0 saturated carbocycles. The van der Waals surface area contributed by atoms with E-state index in [2.05, 4.69) is 0 Å². The highest BCUT2D eigenvalue weighted by molar-refractivity contribution is 7.71. The van der Waals surface area contributed by atoms with Gasteiger partial charge in [0.1, 0.15) is 0 Å². The molecule has 0 N–H and O–H groups in total. The minimum absolute atomic E-state index is 0.120. The van der Waals surface area contributed by atoms with Crippen molar-refractivity contribution in [2.24, 2.45) is 0 Å². The Bertz CT molecular complexity index is 287. The van der Waals surface area contributed by atoms with E-state index in [9.17, 15) is 9.36 Å². The van der Waals surface area contributed by atoms with E-state index in [1.807, 2.05) is 13.8 Å². The number of allylic oxidation sites excluding steroid dienone is 2. The van der Waals surface area contributed by atoms with Crippen molar-refractivity contribution in [1.82, 2.24) is 0 Å². The van der Waals surface area contributed by atoms with Crippen molar-refractivity contribution in [1.29, 1.82) is 0 Å². The minimum atomic E-state index is -3.61. The van der Waals surface area contributed by atoms with Crippen molar-refractivity contribution in [2.75, 3.05) is 13.2 Å². The van der Waals surface area contributed by atoms with Gasteiger partial charge in [0.2, 0.25) is 5.52 Å². The maximum Gasteiger partial charge on any atom is 0.397 e. The molecule has 0 aliphatic heterocycles. The topological polar surface area (TPSA) is 52.6 Å². The predicted octanol–water partition coefficient (Wildman–Crippen LogP) is 3.30. The van der Waals surface area contributed by atoms with Crippen molar-refractivity contribution in [2.45, 2.75) is 27.2 Å². The number of hydrogen-bond acceptors (Lipinski definition) is 4. The molecule has 0 fully saturated rings. The van der Waals surface area contributed by atoms with E-state index in [0.717, 1.165) is 0 Å². The van der Waals surface area contributed by atoms with Crippen molar-refractivity contribution in [3.63, 3.8) is 0 Å². The summed E-state index contributed by atoms with van der Waals surface area (Å²) in [5, 5.41) is 0. The van der Waals surface area contributed by atoms with Crippen LogP contribution in [0.15, 0.2) is 24.3 Å². The lowest BCUT2D eigenvalue weighted by molar-refractivity contribution is -0.113. The quantitative estimate of drug-likeness (QED) is 0.487. The zero-order valence-corrected chi connectivity index (χ0v) is 10.9. The van der Waals surface area contributed by atoms with Crippen LogP contribution in [0.1, 0.15) is 27.2 Å². The summed E-state index contributed by atoms with van der Waals surface area (Å²) < 4.78 is 22.1. The maximum atomic E-state index is 12.0. The van der Waals surface area contributed by atoms with Crippen LogP contribution in [-0.2, 0) is 18.4 Å². The van der Waals surface area contributed by atoms with Crippen LogP contribution in [-0.4, -0.2) is 18.7 Å². The molecular weight excluding hydrogens is 227 g/mol. The van der Waals surface area contributed by atoms with Crippen molar-refractivity contribution < 1.29 is 18.4 Å². The average Bonchev–Trinajstić information content (AvgIpc) is 2.28. The fourth-order valence-corrected chi connectivity index (χ4v) is 2.16. The molecule has 0 atom stereocenters. The van der Waals surface area contributed by atoms with Crippen LogP contribution >= 0.6 is 7.60 Å². The molecule has 0 amide bonds. The third kappa shape index (κ3) is 5.40. The molecule has 16 heavy (non-hydrogen) atoms. The second-order valence-electron chi connectivity index (χ2n) is 2.97. The van der Waals surface area contributed by atoms with E-state index in [1.165, 1.54) is 0 Å². The van der Waals surface area contributed by atoms with Crippen molar-refractivity contribution in [3.8, 4) is 0 Å². The Labute approximate surface area is 96.9 Å². The second kappa shape index (κ2) is 8.45. The SMILES string of the molecule is C/C=C/COP(=O)(OC/C=C/C)C(=O)CC. The normalized spacial score (nSPS) is 12.7. The van der Waals surface area contributed by atoms with Gasteiger partial charge in [0, 0.05) is 6.42 Å². The number of carbonyl (C=O) groups excluding carboxylic acids is 1. The molecule has 5 heteroatoms. The van der Waals surface area contributed by atoms with Crippen LogP contribution in [0.25, 0.3) is 0 Å². The molecule has 0 bridgehead atoms. The average molecular weight is 246 g/mol. The summed E-state index contributed by atoms with van der Waals surface area (Å²) >= 11 is 0. The second-order valence-corrected chi connectivity index (χ2v) is 4.98. The fraction of sp³-hybridized carbons (Fsp3) is 0.545. The molecule has 0 heterocycles. The third-order valence-electron chi connectivity index (χ3n) is 1.76. The number of rotatable bonds is 8. The van der Waals surface area contributed by atoms with Gasteiger partial charge in [0.15, 0.2) is 0 Å². The molecule has 0 spiro atoms. The van der Waals surface area contributed by atoms with Gasteiger partial charge in [-0.25, -0.2) is 0 Å². The van der Waals surface area contributed by atoms with Gasteiger partial charge in [-0.1, -0.05) is 31.2 Å². The third-order valence-corrected chi connectivity index (χ3v) is 3.67. The van der Waals surface area contributed by atoms with Gasteiger partial charge in [0.05, 0.1) is 13.2 Å². The Morgan fingerprint density at radius 2 is 1.56 bits per heavy atom. The van der Waals surface area contributed by atoms with Crippen molar-refractivity contribution >= 4 is 13.1 Å². The maximum absolute atomic E-state index is 12.0. The Morgan fingerprint density at radius 1 is 1.12 bits per heavy atom. The van der Waals surface area contributed by atoms with E-state index < -0.39 is 13.1 Å². The molecule has 92 valence electrons. The minimum Gasteiger partial charge on any atom is -0.299 e. The smallest absolute Gasteiger partial charge is 0.299 e. The van der Waals surface area contributed by atoms with Crippen LogP contribution in [0.5, 0.6) is 0 Å². The Balaban J connectivity index is 4.48. The molecule has 0 aromatic heterocycles. The predicted molar refractivity (Wildman–Crippen MR) is 64.4 cm³/mol. The molecule has 0 aromatic carbocycles. The van der Waals surface area contributed by atoms with E-state index in [1.54, 1.807) is 31.2 Å². The zero-order chi connectivity index (χ0) is 12.4. The van der Waals surface area contributed by atoms with Gasteiger partial charge in [-0.2, -0.15) is 0 Å². The van der Waals surface area contributed by atoms with Gasteiger partial charge in [-0.05, 0) is 13.8 Å². The van der Waals surface area contributed by atoms with Crippen LogP contribution in [0.3, 0.4) is 0 Å². The highest BCUT2D eigenvalue weighted by atomic mass is 31.2. The Morgan fingerprint density at radius 3 is 1.88 bits per heavy atom. The monoisotopic (exact) mass is 246 g/mol. The Kier molecular flexibility index (Phi) is 8.08. The van der Waals surface area contributed by atoms with Crippen LogP contribution < -0.4 is 0 Å². The molecule has 0 unspecified atom stereocenters.